The van der Waals surface area contributed by atoms with Gasteiger partial charge in [-0.15, -0.1) is 0 Å². The van der Waals surface area contributed by atoms with Gasteiger partial charge in [-0.1, -0.05) is 61.9 Å². The van der Waals surface area contributed by atoms with Gasteiger partial charge in [0.2, 0.25) is 5.91 Å². The lowest BCUT2D eigenvalue weighted by Crippen LogP contribution is -2.28. The van der Waals surface area contributed by atoms with Gasteiger partial charge < -0.3 is 5.32 Å². The molecule has 102 valence electrons. The predicted octanol–water partition coefficient (Wildman–Crippen LogP) is 4.27. The number of unbranched alkanes of at least 4 members (excludes halogenated alkanes) is 5. The number of hydrogen-bond acceptors (Lipinski definition) is 1. The first-order valence-electron chi connectivity index (χ1n) is 7.03. The first-order chi connectivity index (χ1) is 8.20. The lowest BCUT2D eigenvalue weighted by atomic mass is 10.1. The number of amides is 1. The second kappa shape index (κ2) is 12.4. The molecule has 0 heterocycles. The third kappa shape index (κ3) is 12.2. The lowest BCUT2D eigenvalue weighted by Gasteiger charge is -2.10. The standard InChI is InChI=1S/C14H28BrNO/c1-3-4-5-6-7-8-9-14(17)16-12-13(2)10-11-15/h13H,3-12H2,1-2H3,(H,16,17). The minimum atomic E-state index is 0.224. The van der Waals surface area contributed by atoms with Crippen LogP contribution in [-0.2, 0) is 4.79 Å². The van der Waals surface area contributed by atoms with E-state index in [4.69, 9.17) is 0 Å². The summed E-state index contributed by atoms with van der Waals surface area (Å²) in [5.74, 6) is 0.796. The Morgan fingerprint density at radius 1 is 1.18 bits per heavy atom. The van der Waals surface area contributed by atoms with Crippen molar-refractivity contribution >= 4 is 21.8 Å². The van der Waals surface area contributed by atoms with Gasteiger partial charge in [-0.25, -0.2) is 0 Å². The van der Waals surface area contributed by atoms with Crippen LogP contribution in [0.25, 0.3) is 0 Å². The maximum Gasteiger partial charge on any atom is 0.220 e. The molecule has 0 spiro atoms. The fraction of sp³-hybridized carbons (Fsp3) is 0.929. The Hall–Kier alpha value is -0.0500. The van der Waals surface area contributed by atoms with Gasteiger partial charge in [0.15, 0.2) is 0 Å². The van der Waals surface area contributed by atoms with Crippen LogP contribution in [0.15, 0.2) is 0 Å². The molecule has 1 atom stereocenters. The molecule has 0 aromatic rings. The van der Waals surface area contributed by atoms with Crippen molar-refractivity contribution in [2.45, 2.75) is 65.2 Å². The highest BCUT2D eigenvalue weighted by atomic mass is 79.9. The van der Waals surface area contributed by atoms with Crippen LogP contribution in [-0.4, -0.2) is 17.8 Å². The Balaban J connectivity index is 3.28. The molecule has 0 saturated carbocycles. The van der Waals surface area contributed by atoms with E-state index in [1.54, 1.807) is 0 Å². The third-order valence-corrected chi connectivity index (χ3v) is 3.46. The van der Waals surface area contributed by atoms with Crippen LogP contribution in [0.1, 0.15) is 65.2 Å². The summed E-state index contributed by atoms with van der Waals surface area (Å²) in [7, 11) is 0. The van der Waals surface area contributed by atoms with E-state index < -0.39 is 0 Å². The molecule has 1 unspecified atom stereocenters. The summed E-state index contributed by atoms with van der Waals surface area (Å²) < 4.78 is 0. The van der Waals surface area contributed by atoms with Crippen molar-refractivity contribution in [2.24, 2.45) is 5.92 Å². The summed E-state index contributed by atoms with van der Waals surface area (Å²) in [6, 6.07) is 0. The summed E-state index contributed by atoms with van der Waals surface area (Å²) in [5.41, 5.74) is 0. The molecule has 0 aliphatic heterocycles. The maximum absolute atomic E-state index is 11.5. The molecule has 0 aromatic heterocycles. The van der Waals surface area contributed by atoms with E-state index in [-0.39, 0.29) is 5.91 Å². The molecule has 1 amide bonds. The number of hydrogen-bond donors (Lipinski definition) is 1. The fourth-order valence-corrected chi connectivity index (χ4v) is 2.51. The maximum atomic E-state index is 11.5. The van der Waals surface area contributed by atoms with E-state index in [2.05, 4.69) is 35.1 Å². The number of halogens is 1. The molecule has 0 bridgehead atoms. The van der Waals surface area contributed by atoms with Crippen molar-refractivity contribution in [3.8, 4) is 0 Å². The van der Waals surface area contributed by atoms with Crippen LogP contribution in [0.4, 0.5) is 0 Å². The fourth-order valence-electron chi connectivity index (χ4n) is 1.73. The Morgan fingerprint density at radius 3 is 2.47 bits per heavy atom. The Labute approximate surface area is 115 Å². The monoisotopic (exact) mass is 305 g/mol. The topological polar surface area (TPSA) is 29.1 Å². The van der Waals surface area contributed by atoms with Crippen LogP contribution in [0.3, 0.4) is 0 Å². The van der Waals surface area contributed by atoms with Crippen LogP contribution >= 0.6 is 15.9 Å². The molecular weight excluding hydrogens is 278 g/mol. The lowest BCUT2D eigenvalue weighted by molar-refractivity contribution is -0.121. The van der Waals surface area contributed by atoms with E-state index in [0.717, 1.165) is 24.7 Å². The van der Waals surface area contributed by atoms with E-state index in [0.29, 0.717) is 12.3 Å². The largest absolute Gasteiger partial charge is 0.356 e. The van der Waals surface area contributed by atoms with E-state index >= 15 is 0 Å². The molecule has 2 nitrogen and oxygen atoms in total. The van der Waals surface area contributed by atoms with Crippen molar-refractivity contribution in [3.63, 3.8) is 0 Å². The van der Waals surface area contributed by atoms with E-state index in [9.17, 15) is 4.79 Å². The average Bonchev–Trinajstić information content (AvgIpc) is 2.31. The number of rotatable bonds is 11. The van der Waals surface area contributed by atoms with Gasteiger partial charge in [0.25, 0.3) is 0 Å². The molecule has 0 saturated heterocycles. The zero-order valence-electron chi connectivity index (χ0n) is 11.4. The molecule has 0 radical (unpaired) electrons. The van der Waals surface area contributed by atoms with Crippen molar-refractivity contribution in [3.05, 3.63) is 0 Å². The van der Waals surface area contributed by atoms with Crippen molar-refractivity contribution in [1.29, 1.82) is 0 Å². The molecule has 3 heteroatoms. The van der Waals surface area contributed by atoms with Crippen LogP contribution in [0, 0.1) is 5.92 Å². The van der Waals surface area contributed by atoms with E-state index in [1.165, 1.54) is 32.1 Å². The minimum absolute atomic E-state index is 0.224. The van der Waals surface area contributed by atoms with Crippen molar-refractivity contribution < 1.29 is 4.79 Å². The van der Waals surface area contributed by atoms with Gasteiger partial charge >= 0.3 is 0 Å². The first kappa shape index (κ1) is 16.9. The highest BCUT2D eigenvalue weighted by Gasteiger charge is 2.04. The summed E-state index contributed by atoms with van der Waals surface area (Å²) in [5, 5.41) is 4.02. The Morgan fingerprint density at radius 2 is 1.82 bits per heavy atom. The van der Waals surface area contributed by atoms with Crippen molar-refractivity contribution in [1.82, 2.24) is 5.32 Å². The summed E-state index contributed by atoms with van der Waals surface area (Å²) in [6.45, 7) is 5.22. The molecule has 17 heavy (non-hydrogen) atoms. The molecule has 0 aliphatic rings. The number of carbonyl (C=O) groups is 1. The second-order valence-electron chi connectivity index (χ2n) is 4.90. The zero-order chi connectivity index (χ0) is 12.9. The normalized spacial score (nSPS) is 12.4. The van der Waals surface area contributed by atoms with Crippen molar-refractivity contribution in [2.75, 3.05) is 11.9 Å². The highest BCUT2D eigenvalue weighted by Crippen LogP contribution is 2.07. The highest BCUT2D eigenvalue weighted by molar-refractivity contribution is 9.09. The van der Waals surface area contributed by atoms with Gasteiger partial charge in [0.05, 0.1) is 0 Å². The quantitative estimate of drug-likeness (QED) is 0.448. The summed E-state index contributed by atoms with van der Waals surface area (Å²) in [6.07, 6.45) is 9.28. The Kier molecular flexibility index (Phi) is 12.4. The van der Waals surface area contributed by atoms with Gasteiger partial charge in [0.1, 0.15) is 0 Å². The molecule has 0 fully saturated rings. The second-order valence-corrected chi connectivity index (χ2v) is 5.70. The smallest absolute Gasteiger partial charge is 0.220 e. The van der Waals surface area contributed by atoms with Gasteiger partial charge in [-0.2, -0.15) is 0 Å². The average molecular weight is 306 g/mol. The van der Waals surface area contributed by atoms with Gasteiger partial charge in [-0.05, 0) is 18.8 Å². The number of alkyl halides is 1. The predicted molar refractivity (Wildman–Crippen MR) is 78.6 cm³/mol. The summed E-state index contributed by atoms with van der Waals surface area (Å²) >= 11 is 3.42. The molecule has 0 rings (SSSR count). The van der Waals surface area contributed by atoms with Crippen LogP contribution < -0.4 is 5.32 Å². The Bertz CT molecular complexity index is 185. The van der Waals surface area contributed by atoms with Crippen LogP contribution in [0.5, 0.6) is 0 Å². The molecule has 1 N–H and O–H groups in total. The molecular formula is C14H28BrNO. The zero-order valence-corrected chi connectivity index (χ0v) is 13.0. The number of carbonyl (C=O) groups excluding carboxylic acids is 1. The summed E-state index contributed by atoms with van der Waals surface area (Å²) in [4.78, 5) is 11.5. The van der Waals surface area contributed by atoms with Gasteiger partial charge in [-0.3, -0.25) is 4.79 Å². The first-order valence-corrected chi connectivity index (χ1v) is 8.15. The third-order valence-electron chi connectivity index (χ3n) is 3.01. The molecule has 0 aliphatic carbocycles. The minimum Gasteiger partial charge on any atom is -0.356 e. The van der Waals surface area contributed by atoms with Gasteiger partial charge in [0, 0.05) is 18.3 Å². The number of nitrogens with one attached hydrogen (secondary N) is 1. The van der Waals surface area contributed by atoms with Crippen LogP contribution in [0.2, 0.25) is 0 Å². The molecule has 0 aromatic carbocycles. The van der Waals surface area contributed by atoms with E-state index in [1.807, 2.05) is 0 Å². The SMILES string of the molecule is CCCCCCCCC(=O)NCC(C)CCBr.